The molecule has 0 spiro atoms. The van der Waals surface area contributed by atoms with Crippen LogP contribution < -0.4 is 9.80 Å². The Bertz CT molecular complexity index is 776. The second-order valence-electron chi connectivity index (χ2n) is 6.73. The molecule has 0 radical (unpaired) electrons. The summed E-state index contributed by atoms with van der Waals surface area (Å²) in [6.07, 6.45) is 7.84. The summed E-state index contributed by atoms with van der Waals surface area (Å²) < 4.78 is 13.7. The number of hydrogen-bond acceptors (Lipinski definition) is 5. The Morgan fingerprint density at radius 1 is 1.12 bits per heavy atom. The van der Waals surface area contributed by atoms with Crippen LogP contribution in [0.1, 0.15) is 31.2 Å². The van der Waals surface area contributed by atoms with Gasteiger partial charge in [-0.2, -0.15) is 5.26 Å². The number of aromatic nitrogens is 2. The lowest BCUT2D eigenvalue weighted by Crippen LogP contribution is -2.46. The van der Waals surface area contributed by atoms with Gasteiger partial charge in [0.25, 0.3) is 0 Å². The molecule has 2 heterocycles. The molecule has 1 saturated heterocycles. The quantitative estimate of drug-likeness (QED) is 0.858. The molecule has 25 heavy (non-hydrogen) atoms. The molecule has 1 aliphatic carbocycles. The standard InChI is InChI=1S/C19H20FN5/c20-15-9-14(12-21)10-18(11-15)24-7-4-17(5-8-24)25(16-1-2-16)19-3-6-22-13-23-19/h3,6,9-11,13,16-17H,1-2,4-5,7-8H2. The van der Waals surface area contributed by atoms with Crippen LogP contribution in [-0.4, -0.2) is 35.1 Å². The van der Waals surface area contributed by atoms with Gasteiger partial charge < -0.3 is 9.80 Å². The van der Waals surface area contributed by atoms with E-state index >= 15 is 0 Å². The molecule has 5 nitrogen and oxygen atoms in total. The summed E-state index contributed by atoms with van der Waals surface area (Å²) in [5.41, 5.74) is 1.17. The maximum atomic E-state index is 13.7. The number of nitriles is 1. The summed E-state index contributed by atoms with van der Waals surface area (Å²) in [5, 5.41) is 9.04. The molecule has 0 N–H and O–H groups in total. The minimum atomic E-state index is -0.350. The van der Waals surface area contributed by atoms with E-state index in [4.69, 9.17) is 5.26 Å². The fourth-order valence-electron chi connectivity index (χ4n) is 3.68. The van der Waals surface area contributed by atoms with E-state index in [2.05, 4.69) is 19.8 Å². The first-order valence-corrected chi connectivity index (χ1v) is 8.74. The monoisotopic (exact) mass is 337 g/mol. The fraction of sp³-hybridized carbons (Fsp3) is 0.421. The van der Waals surface area contributed by atoms with Crippen LogP contribution >= 0.6 is 0 Å². The number of hydrogen-bond donors (Lipinski definition) is 0. The maximum absolute atomic E-state index is 13.7. The van der Waals surface area contributed by atoms with Crippen molar-refractivity contribution < 1.29 is 4.39 Å². The molecule has 2 aliphatic rings. The SMILES string of the molecule is N#Cc1cc(F)cc(N2CCC(N(c3ccncn3)C3CC3)CC2)c1. The normalized spacial score (nSPS) is 18.0. The van der Waals surface area contributed by atoms with Gasteiger partial charge in [0, 0.05) is 37.1 Å². The van der Waals surface area contributed by atoms with Crippen molar-refractivity contribution >= 4 is 11.5 Å². The first-order valence-electron chi connectivity index (χ1n) is 8.74. The van der Waals surface area contributed by atoms with Crippen LogP contribution in [0.5, 0.6) is 0 Å². The van der Waals surface area contributed by atoms with E-state index in [0.29, 0.717) is 17.6 Å². The molecule has 1 aliphatic heterocycles. The van der Waals surface area contributed by atoms with Crippen molar-refractivity contribution in [2.45, 2.75) is 37.8 Å². The average Bonchev–Trinajstić information content (AvgIpc) is 3.48. The summed E-state index contributed by atoms with van der Waals surface area (Å²) >= 11 is 0. The van der Waals surface area contributed by atoms with Crippen molar-refractivity contribution in [3.63, 3.8) is 0 Å². The highest BCUT2D eigenvalue weighted by atomic mass is 19.1. The molecule has 4 rings (SSSR count). The van der Waals surface area contributed by atoms with Gasteiger partial charge in [-0.1, -0.05) is 0 Å². The number of rotatable bonds is 4. The van der Waals surface area contributed by atoms with Gasteiger partial charge in [0.15, 0.2) is 0 Å². The Kier molecular flexibility index (Phi) is 4.22. The number of halogens is 1. The molecule has 1 aromatic carbocycles. The van der Waals surface area contributed by atoms with Gasteiger partial charge in [-0.3, -0.25) is 0 Å². The Balaban J connectivity index is 1.48. The van der Waals surface area contributed by atoms with Crippen LogP contribution in [0.2, 0.25) is 0 Å². The predicted octanol–water partition coefficient (Wildman–Crippen LogP) is 3.13. The maximum Gasteiger partial charge on any atom is 0.132 e. The van der Waals surface area contributed by atoms with E-state index in [0.717, 1.165) is 37.4 Å². The molecule has 0 atom stereocenters. The van der Waals surface area contributed by atoms with Crippen LogP contribution in [0.25, 0.3) is 0 Å². The molecule has 2 aromatic rings. The molecule has 0 bridgehead atoms. The van der Waals surface area contributed by atoms with Gasteiger partial charge in [0.05, 0.1) is 11.6 Å². The highest BCUT2D eigenvalue weighted by molar-refractivity contribution is 5.53. The minimum absolute atomic E-state index is 0.350. The Labute approximate surface area is 146 Å². The number of benzene rings is 1. The zero-order chi connectivity index (χ0) is 17.2. The van der Waals surface area contributed by atoms with E-state index in [-0.39, 0.29) is 5.82 Å². The first kappa shape index (κ1) is 15.8. The summed E-state index contributed by atoms with van der Waals surface area (Å²) in [4.78, 5) is 13.1. The van der Waals surface area contributed by atoms with E-state index in [1.54, 1.807) is 18.6 Å². The highest BCUT2D eigenvalue weighted by Gasteiger charge is 2.36. The average molecular weight is 337 g/mol. The molecule has 0 amide bonds. The van der Waals surface area contributed by atoms with Crippen molar-refractivity contribution in [3.8, 4) is 6.07 Å². The molecule has 1 aromatic heterocycles. The van der Waals surface area contributed by atoms with Crippen LogP contribution in [0.3, 0.4) is 0 Å². The van der Waals surface area contributed by atoms with Gasteiger partial charge in [0.2, 0.25) is 0 Å². The van der Waals surface area contributed by atoms with Gasteiger partial charge in [-0.05, 0) is 49.9 Å². The zero-order valence-corrected chi connectivity index (χ0v) is 14.0. The Morgan fingerprint density at radius 3 is 2.52 bits per heavy atom. The topological polar surface area (TPSA) is 56.1 Å². The third kappa shape index (κ3) is 3.41. The minimum Gasteiger partial charge on any atom is -0.371 e. The summed E-state index contributed by atoms with van der Waals surface area (Å²) in [6.45, 7) is 1.71. The number of nitrogens with zero attached hydrogens (tertiary/aromatic N) is 5. The lowest BCUT2D eigenvalue weighted by Gasteiger charge is -2.40. The molecule has 0 unspecified atom stereocenters. The predicted molar refractivity (Wildman–Crippen MR) is 93.9 cm³/mol. The number of anilines is 2. The summed E-state index contributed by atoms with van der Waals surface area (Å²) in [5.74, 6) is 0.658. The largest absolute Gasteiger partial charge is 0.371 e. The molecule has 6 heteroatoms. The van der Waals surface area contributed by atoms with Crippen molar-refractivity contribution in [2.24, 2.45) is 0 Å². The molecular formula is C19H20FN5. The summed E-state index contributed by atoms with van der Waals surface area (Å²) in [6, 6.07) is 9.61. The van der Waals surface area contributed by atoms with Crippen molar-refractivity contribution in [1.29, 1.82) is 5.26 Å². The second-order valence-corrected chi connectivity index (χ2v) is 6.73. The second kappa shape index (κ2) is 6.67. The van der Waals surface area contributed by atoms with Crippen molar-refractivity contribution in [2.75, 3.05) is 22.9 Å². The number of piperidine rings is 1. The van der Waals surface area contributed by atoms with Crippen molar-refractivity contribution in [3.05, 3.63) is 48.2 Å². The van der Waals surface area contributed by atoms with Crippen LogP contribution in [0.15, 0.2) is 36.8 Å². The third-order valence-electron chi connectivity index (χ3n) is 5.01. The Hall–Kier alpha value is -2.68. The van der Waals surface area contributed by atoms with Crippen LogP contribution in [0, 0.1) is 17.1 Å². The third-order valence-corrected chi connectivity index (χ3v) is 5.01. The molecule has 128 valence electrons. The highest BCUT2D eigenvalue weighted by Crippen LogP contribution is 2.35. The van der Waals surface area contributed by atoms with E-state index in [9.17, 15) is 4.39 Å². The van der Waals surface area contributed by atoms with Crippen LogP contribution in [0.4, 0.5) is 15.9 Å². The van der Waals surface area contributed by atoms with Gasteiger partial charge in [-0.25, -0.2) is 14.4 Å². The summed E-state index contributed by atoms with van der Waals surface area (Å²) in [7, 11) is 0. The molecule has 2 fully saturated rings. The fourth-order valence-corrected chi connectivity index (χ4v) is 3.68. The van der Waals surface area contributed by atoms with Crippen LogP contribution in [-0.2, 0) is 0 Å². The molecule has 1 saturated carbocycles. The van der Waals surface area contributed by atoms with Gasteiger partial charge >= 0.3 is 0 Å². The lowest BCUT2D eigenvalue weighted by atomic mass is 10.0. The van der Waals surface area contributed by atoms with E-state index in [1.165, 1.54) is 25.0 Å². The smallest absolute Gasteiger partial charge is 0.132 e. The zero-order valence-electron chi connectivity index (χ0n) is 14.0. The van der Waals surface area contributed by atoms with E-state index in [1.807, 2.05) is 12.1 Å². The van der Waals surface area contributed by atoms with E-state index < -0.39 is 0 Å². The van der Waals surface area contributed by atoms with Crippen molar-refractivity contribution in [1.82, 2.24) is 9.97 Å². The van der Waals surface area contributed by atoms with Gasteiger partial charge in [0.1, 0.15) is 18.0 Å². The lowest BCUT2D eigenvalue weighted by molar-refractivity contribution is 0.459. The van der Waals surface area contributed by atoms with Gasteiger partial charge in [-0.15, -0.1) is 0 Å². The Morgan fingerprint density at radius 2 is 1.88 bits per heavy atom. The first-order chi connectivity index (χ1) is 12.2. The molecular weight excluding hydrogens is 317 g/mol.